The van der Waals surface area contributed by atoms with Crippen LogP contribution in [-0.2, 0) is 24.3 Å². The van der Waals surface area contributed by atoms with E-state index in [1.165, 1.54) is 11.1 Å². The molecule has 2 aromatic carbocycles. The summed E-state index contributed by atoms with van der Waals surface area (Å²) >= 11 is 0. The van der Waals surface area contributed by atoms with E-state index in [0.29, 0.717) is 17.7 Å². The smallest absolute Gasteiger partial charge is 0.133 e. The summed E-state index contributed by atoms with van der Waals surface area (Å²) in [4.78, 5) is 0. The highest BCUT2D eigenvalue weighted by atomic mass is 19.1. The fourth-order valence-corrected chi connectivity index (χ4v) is 2.97. The Morgan fingerprint density at radius 2 is 1.90 bits per heavy atom. The summed E-state index contributed by atoms with van der Waals surface area (Å²) in [6, 6.07) is 13.7. The van der Waals surface area contributed by atoms with Crippen LogP contribution in [-0.4, -0.2) is 0 Å². The van der Waals surface area contributed by atoms with E-state index >= 15 is 0 Å². The first-order valence-corrected chi connectivity index (χ1v) is 7.45. The maximum atomic E-state index is 14.2. The third-order valence-corrected chi connectivity index (χ3v) is 4.13. The zero-order valence-corrected chi connectivity index (χ0v) is 12.0. The molecule has 3 rings (SSSR count). The van der Waals surface area contributed by atoms with Crippen molar-refractivity contribution in [1.82, 2.24) is 0 Å². The average molecular weight is 285 g/mol. The van der Waals surface area contributed by atoms with E-state index in [4.69, 9.17) is 10.5 Å². The van der Waals surface area contributed by atoms with Gasteiger partial charge in [0.05, 0.1) is 12.7 Å². The Labute approximate surface area is 124 Å². The summed E-state index contributed by atoms with van der Waals surface area (Å²) < 4.78 is 20.2. The minimum atomic E-state index is -0.232. The standard InChI is InChI=1S/C18H20FNO/c19-18-14(11-20)7-3-8-15(18)12-21-17-10-4-6-13-5-1-2-9-16(13)17/h1-3,5,7-9,17H,4,6,10-12,20H2. The molecule has 2 aromatic rings. The first-order valence-electron chi connectivity index (χ1n) is 7.45. The second-order valence-corrected chi connectivity index (χ2v) is 5.49. The molecule has 0 aromatic heterocycles. The van der Waals surface area contributed by atoms with Gasteiger partial charge >= 0.3 is 0 Å². The fraction of sp³-hybridized carbons (Fsp3) is 0.333. The molecule has 2 nitrogen and oxygen atoms in total. The van der Waals surface area contributed by atoms with E-state index in [1.807, 2.05) is 12.1 Å². The van der Waals surface area contributed by atoms with Gasteiger partial charge in [0.1, 0.15) is 5.82 Å². The van der Waals surface area contributed by atoms with Crippen molar-refractivity contribution in [3.8, 4) is 0 Å². The first-order chi connectivity index (χ1) is 10.3. The number of benzene rings is 2. The first kappa shape index (κ1) is 14.2. The molecule has 0 aliphatic heterocycles. The lowest BCUT2D eigenvalue weighted by atomic mass is 9.89. The highest BCUT2D eigenvalue weighted by molar-refractivity contribution is 5.31. The van der Waals surface area contributed by atoms with Gasteiger partial charge in [0.2, 0.25) is 0 Å². The summed E-state index contributed by atoms with van der Waals surface area (Å²) in [6.07, 6.45) is 3.28. The summed E-state index contributed by atoms with van der Waals surface area (Å²) in [5.41, 5.74) is 9.27. The molecule has 2 N–H and O–H groups in total. The Kier molecular flexibility index (Phi) is 4.32. The largest absolute Gasteiger partial charge is 0.369 e. The number of hydrogen-bond donors (Lipinski definition) is 1. The van der Waals surface area contributed by atoms with E-state index < -0.39 is 0 Å². The lowest BCUT2D eigenvalue weighted by Crippen LogP contribution is -2.13. The topological polar surface area (TPSA) is 35.2 Å². The highest BCUT2D eigenvalue weighted by Crippen LogP contribution is 2.33. The van der Waals surface area contributed by atoms with E-state index in [1.54, 1.807) is 12.1 Å². The van der Waals surface area contributed by atoms with Crippen LogP contribution in [0.5, 0.6) is 0 Å². The minimum Gasteiger partial charge on any atom is -0.369 e. The van der Waals surface area contributed by atoms with Gasteiger partial charge in [-0.1, -0.05) is 42.5 Å². The summed E-state index contributed by atoms with van der Waals surface area (Å²) in [6.45, 7) is 0.505. The van der Waals surface area contributed by atoms with Crippen molar-refractivity contribution in [2.45, 2.75) is 38.5 Å². The molecule has 0 amide bonds. The maximum absolute atomic E-state index is 14.2. The molecule has 1 aliphatic carbocycles. The van der Waals surface area contributed by atoms with Gasteiger partial charge in [-0.05, 0) is 30.4 Å². The molecule has 1 aliphatic rings. The molecule has 0 bridgehead atoms. The van der Waals surface area contributed by atoms with E-state index in [-0.39, 0.29) is 18.5 Å². The lowest BCUT2D eigenvalue weighted by Gasteiger charge is -2.25. The molecule has 0 saturated carbocycles. The van der Waals surface area contributed by atoms with Crippen LogP contribution in [0.25, 0.3) is 0 Å². The van der Waals surface area contributed by atoms with Crippen LogP contribution in [0.2, 0.25) is 0 Å². The van der Waals surface area contributed by atoms with Crippen molar-refractivity contribution in [3.63, 3.8) is 0 Å². The molecule has 0 heterocycles. The Balaban J connectivity index is 1.75. The lowest BCUT2D eigenvalue weighted by molar-refractivity contribution is 0.0268. The molecule has 21 heavy (non-hydrogen) atoms. The number of nitrogens with two attached hydrogens (primary N) is 1. The molecular weight excluding hydrogens is 265 g/mol. The maximum Gasteiger partial charge on any atom is 0.133 e. The van der Waals surface area contributed by atoms with Crippen molar-refractivity contribution in [1.29, 1.82) is 0 Å². The van der Waals surface area contributed by atoms with Crippen molar-refractivity contribution >= 4 is 0 Å². The van der Waals surface area contributed by atoms with Crippen LogP contribution >= 0.6 is 0 Å². The number of aryl methyl sites for hydroxylation is 1. The monoisotopic (exact) mass is 285 g/mol. The number of fused-ring (bicyclic) bond motifs is 1. The summed E-state index contributed by atoms with van der Waals surface area (Å²) in [5.74, 6) is -0.232. The van der Waals surface area contributed by atoms with Crippen molar-refractivity contribution in [3.05, 3.63) is 70.5 Å². The summed E-state index contributed by atoms with van der Waals surface area (Å²) in [7, 11) is 0. The highest BCUT2D eigenvalue weighted by Gasteiger charge is 2.20. The van der Waals surface area contributed by atoms with Crippen LogP contribution < -0.4 is 5.73 Å². The third-order valence-electron chi connectivity index (χ3n) is 4.13. The summed E-state index contributed by atoms with van der Waals surface area (Å²) in [5, 5.41) is 0. The quantitative estimate of drug-likeness (QED) is 0.925. The zero-order chi connectivity index (χ0) is 14.7. The van der Waals surface area contributed by atoms with Crippen LogP contribution in [0, 0.1) is 5.82 Å². The third kappa shape index (κ3) is 2.99. The van der Waals surface area contributed by atoms with Gasteiger partial charge in [-0.3, -0.25) is 0 Å². The van der Waals surface area contributed by atoms with E-state index in [9.17, 15) is 4.39 Å². The van der Waals surface area contributed by atoms with Crippen LogP contribution in [0.1, 0.15) is 41.2 Å². The van der Waals surface area contributed by atoms with Gasteiger partial charge in [0.25, 0.3) is 0 Å². The molecule has 1 unspecified atom stereocenters. The van der Waals surface area contributed by atoms with Crippen LogP contribution in [0.3, 0.4) is 0 Å². The molecule has 3 heteroatoms. The van der Waals surface area contributed by atoms with Gasteiger partial charge in [-0.25, -0.2) is 4.39 Å². The van der Waals surface area contributed by atoms with Gasteiger partial charge in [0, 0.05) is 17.7 Å². The van der Waals surface area contributed by atoms with Gasteiger partial charge in [-0.2, -0.15) is 0 Å². The molecule has 110 valence electrons. The second-order valence-electron chi connectivity index (χ2n) is 5.49. The molecule has 0 saturated heterocycles. The van der Waals surface area contributed by atoms with E-state index in [0.717, 1.165) is 19.3 Å². The molecule has 1 atom stereocenters. The Morgan fingerprint density at radius 1 is 1.10 bits per heavy atom. The predicted molar refractivity (Wildman–Crippen MR) is 81.2 cm³/mol. The Hall–Kier alpha value is -1.71. The van der Waals surface area contributed by atoms with Crippen LogP contribution in [0.4, 0.5) is 4.39 Å². The van der Waals surface area contributed by atoms with Crippen molar-refractivity contribution < 1.29 is 9.13 Å². The minimum absolute atomic E-state index is 0.0656. The normalized spacial score (nSPS) is 17.5. The number of ether oxygens (including phenoxy) is 1. The SMILES string of the molecule is NCc1cccc(COC2CCCc3ccccc32)c1F. The molecule has 0 radical (unpaired) electrons. The van der Waals surface area contributed by atoms with Crippen LogP contribution in [0.15, 0.2) is 42.5 Å². The number of hydrogen-bond acceptors (Lipinski definition) is 2. The van der Waals surface area contributed by atoms with Gasteiger partial charge < -0.3 is 10.5 Å². The Bertz CT molecular complexity index is 626. The van der Waals surface area contributed by atoms with Gasteiger partial charge in [0.15, 0.2) is 0 Å². The molecule has 0 fully saturated rings. The van der Waals surface area contributed by atoms with Crippen molar-refractivity contribution in [2.75, 3.05) is 0 Å². The van der Waals surface area contributed by atoms with E-state index in [2.05, 4.69) is 18.2 Å². The fourth-order valence-electron chi connectivity index (χ4n) is 2.97. The molecular formula is C18H20FNO. The number of halogens is 1. The predicted octanol–water partition coefficient (Wildman–Crippen LogP) is 3.88. The second kappa shape index (κ2) is 6.37. The molecule has 0 spiro atoms. The van der Waals surface area contributed by atoms with Gasteiger partial charge in [-0.15, -0.1) is 0 Å². The number of rotatable bonds is 4. The van der Waals surface area contributed by atoms with Crippen molar-refractivity contribution in [2.24, 2.45) is 5.73 Å². The zero-order valence-electron chi connectivity index (χ0n) is 12.0. The Morgan fingerprint density at radius 3 is 2.76 bits per heavy atom. The average Bonchev–Trinajstić information content (AvgIpc) is 2.54.